The number of unbranched alkanes of at least 4 members (excludes halogenated alkanes) is 13. The molecule has 2 fully saturated rings. The third kappa shape index (κ3) is 26.1. The van der Waals surface area contributed by atoms with Crippen LogP contribution in [-0.4, -0.2) is 142 Å². The maximum absolute atomic E-state index is 13.0. The Hall–Kier alpha value is -2.80. The molecule has 0 aromatic heterocycles. The second-order valence-corrected chi connectivity index (χ2v) is 17.3. The number of aliphatic hydroxyl groups excluding tert-OH is 7. The molecule has 15 heteroatoms. The van der Waals surface area contributed by atoms with E-state index in [-0.39, 0.29) is 19.4 Å². The summed E-state index contributed by atoms with van der Waals surface area (Å²) >= 11 is 0. The van der Waals surface area contributed by atoms with Crippen molar-refractivity contribution in [3.63, 3.8) is 0 Å². The van der Waals surface area contributed by atoms with Gasteiger partial charge in [-0.05, 0) is 57.8 Å². The topological polar surface area (TPSA) is 231 Å². The Morgan fingerprint density at radius 2 is 0.955 bits per heavy atom. The van der Waals surface area contributed by atoms with E-state index in [0.717, 1.165) is 70.6 Å². The molecule has 380 valence electrons. The highest BCUT2D eigenvalue weighted by molar-refractivity contribution is 5.70. The summed E-state index contributed by atoms with van der Waals surface area (Å²) in [5, 5.41) is 72.0. The van der Waals surface area contributed by atoms with Gasteiger partial charge in [0.05, 0.1) is 19.8 Å². The van der Waals surface area contributed by atoms with Gasteiger partial charge in [0.1, 0.15) is 55.4 Å². The zero-order valence-electron chi connectivity index (χ0n) is 39.9. The lowest BCUT2D eigenvalue weighted by Crippen LogP contribution is -2.61. The molecule has 11 atom stereocenters. The summed E-state index contributed by atoms with van der Waals surface area (Å²) < 4.78 is 33.5. The third-order valence-electron chi connectivity index (χ3n) is 11.5. The number of allylic oxidation sites excluding steroid dienone is 10. The SMILES string of the molecule is CC/C=C/C/C=C/C/C=C/C/C=C/C/C=C/CCCCCC(=O)O[C@H](COC(=O)CCCCCCCCCCCCC)CO[C@H]1O[C@@H](CO[C@H]2O[C@@H](CO)[C@@H](O)C(O)C2O)[C@@H](O)C(O)C1O. The largest absolute Gasteiger partial charge is 0.462 e. The zero-order valence-corrected chi connectivity index (χ0v) is 39.9. The van der Waals surface area contributed by atoms with Crippen LogP contribution in [0.3, 0.4) is 0 Å². The van der Waals surface area contributed by atoms with Crippen molar-refractivity contribution in [2.45, 2.75) is 223 Å². The molecule has 0 spiro atoms. The minimum Gasteiger partial charge on any atom is -0.462 e. The quantitative estimate of drug-likeness (QED) is 0.0201. The van der Waals surface area contributed by atoms with Crippen LogP contribution in [0.2, 0.25) is 0 Å². The molecule has 66 heavy (non-hydrogen) atoms. The van der Waals surface area contributed by atoms with E-state index in [4.69, 9.17) is 28.4 Å². The molecule has 7 N–H and O–H groups in total. The molecule has 4 unspecified atom stereocenters. The van der Waals surface area contributed by atoms with Gasteiger partial charge in [-0.15, -0.1) is 0 Å². The fraction of sp³-hybridized carbons (Fsp3) is 0.765. The molecule has 0 bridgehead atoms. The summed E-state index contributed by atoms with van der Waals surface area (Å²) in [4.78, 5) is 25.7. The fourth-order valence-electron chi connectivity index (χ4n) is 7.42. The zero-order chi connectivity index (χ0) is 48.2. The normalized spacial score (nSPS) is 26.7. The molecule has 2 aliphatic rings. The minimum atomic E-state index is -1.77. The van der Waals surface area contributed by atoms with Crippen molar-refractivity contribution in [2.75, 3.05) is 26.4 Å². The Kier molecular flexibility index (Phi) is 34.2. The molecule has 2 aliphatic heterocycles. The van der Waals surface area contributed by atoms with Crippen molar-refractivity contribution in [3.05, 3.63) is 60.8 Å². The van der Waals surface area contributed by atoms with Gasteiger partial charge in [0.2, 0.25) is 0 Å². The van der Waals surface area contributed by atoms with Crippen LogP contribution in [0.5, 0.6) is 0 Å². The summed E-state index contributed by atoms with van der Waals surface area (Å²) in [6.07, 6.45) is 25.4. The molecule has 15 nitrogen and oxygen atoms in total. The fourth-order valence-corrected chi connectivity index (χ4v) is 7.42. The molecular weight excluding hydrogens is 853 g/mol. The van der Waals surface area contributed by atoms with Crippen molar-refractivity contribution < 1.29 is 73.8 Å². The van der Waals surface area contributed by atoms with Crippen LogP contribution in [0.25, 0.3) is 0 Å². The lowest BCUT2D eigenvalue weighted by atomic mass is 9.98. The summed E-state index contributed by atoms with van der Waals surface area (Å²) in [6.45, 7) is 2.41. The van der Waals surface area contributed by atoms with E-state index in [1.807, 2.05) is 0 Å². The highest BCUT2D eigenvalue weighted by atomic mass is 16.7. The van der Waals surface area contributed by atoms with Gasteiger partial charge in [-0.25, -0.2) is 0 Å². The molecule has 0 radical (unpaired) electrons. The summed E-state index contributed by atoms with van der Waals surface area (Å²) in [6, 6.07) is 0. The van der Waals surface area contributed by atoms with Crippen molar-refractivity contribution >= 4 is 11.9 Å². The summed E-state index contributed by atoms with van der Waals surface area (Å²) in [5.74, 6) is -0.966. The predicted octanol–water partition coefficient (Wildman–Crippen LogP) is 6.49. The van der Waals surface area contributed by atoms with Gasteiger partial charge in [0.15, 0.2) is 18.7 Å². The molecule has 2 heterocycles. The average Bonchev–Trinajstić information content (AvgIpc) is 3.31. The first-order chi connectivity index (χ1) is 32.0. The molecule has 0 aliphatic carbocycles. The minimum absolute atomic E-state index is 0.125. The molecule has 0 aromatic rings. The maximum Gasteiger partial charge on any atom is 0.306 e. The molecule has 2 saturated heterocycles. The van der Waals surface area contributed by atoms with Crippen LogP contribution < -0.4 is 0 Å². The van der Waals surface area contributed by atoms with Gasteiger partial charge in [0, 0.05) is 12.8 Å². The van der Waals surface area contributed by atoms with Gasteiger partial charge in [-0.2, -0.15) is 0 Å². The van der Waals surface area contributed by atoms with Gasteiger partial charge in [-0.1, -0.05) is 145 Å². The Labute approximate surface area is 394 Å². The van der Waals surface area contributed by atoms with Gasteiger partial charge in [-0.3, -0.25) is 9.59 Å². The number of carbonyl (C=O) groups is 2. The highest BCUT2D eigenvalue weighted by Crippen LogP contribution is 2.26. The predicted molar refractivity (Wildman–Crippen MR) is 252 cm³/mol. The van der Waals surface area contributed by atoms with E-state index in [0.29, 0.717) is 12.8 Å². The first kappa shape index (κ1) is 59.3. The number of ether oxygens (including phenoxy) is 6. The summed E-state index contributed by atoms with van der Waals surface area (Å²) in [7, 11) is 0. The lowest BCUT2D eigenvalue weighted by molar-refractivity contribution is -0.332. The van der Waals surface area contributed by atoms with Crippen molar-refractivity contribution in [1.82, 2.24) is 0 Å². The Morgan fingerprint density at radius 3 is 1.50 bits per heavy atom. The monoisotopic (exact) mass is 939 g/mol. The van der Waals surface area contributed by atoms with Crippen LogP contribution in [0.15, 0.2) is 60.8 Å². The highest BCUT2D eigenvalue weighted by Gasteiger charge is 2.47. The first-order valence-corrected chi connectivity index (χ1v) is 24.9. The van der Waals surface area contributed by atoms with Gasteiger partial charge >= 0.3 is 11.9 Å². The van der Waals surface area contributed by atoms with Crippen LogP contribution in [0.1, 0.15) is 155 Å². The third-order valence-corrected chi connectivity index (χ3v) is 11.5. The van der Waals surface area contributed by atoms with E-state index >= 15 is 0 Å². The smallest absolute Gasteiger partial charge is 0.306 e. The number of rotatable bonds is 37. The van der Waals surface area contributed by atoms with Gasteiger partial charge < -0.3 is 64.2 Å². The van der Waals surface area contributed by atoms with Crippen molar-refractivity contribution in [3.8, 4) is 0 Å². The Morgan fingerprint density at radius 1 is 0.500 bits per heavy atom. The van der Waals surface area contributed by atoms with E-state index in [1.54, 1.807) is 0 Å². The van der Waals surface area contributed by atoms with Crippen LogP contribution in [0.4, 0.5) is 0 Å². The van der Waals surface area contributed by atoms with Gasteiger partial charge in [0.25, 0.3) is 0 Å². The number of hydrogen-bond donors (Lipinski definition) is 7. The number of carbonyl (C=O) groups excluding carboxylic acids is 2. The van der Waals surface area contributed by atoms with E-state index < -0.39 is 99.3 Å². The lowest BCUT2D eigenvalue weighted by Gasteiger charge is -2.42. The second-order valence-electron chi connectivity index (χ2n) is 17.3. The number of hydrogen-bond acceptors (Lipinski definition) is 15. The van der Waals surface area contributed by atoms with Crippen molar-refractivity contribution in [2.24, 2.45) is 0 Å². The first-order valence-electron chi connectivity index (χ1n) is 24.9. The molecule has 0 aromatic carbocycles. The molecule has 0 amide bonds. The Bertz CT molecular complexity index is 1380. The van der Waals surface area contributed by atoms with E-state index in [9.17, 15) is 45.3 Å². The standard InChI is InChI=1S/C51H86O15/c1-3-5-7-9-11-13-15-16-17-18-19-20-21-22-24-26-28-30-32-34-43(54)64-39(36-61-42(53)33-31-29-27-25-23-14-12-10-8-6-4-2)37-62-50-49(60)47(58)45(56)41(66-50)38-63-51-48(59)46(57)44(55)40(35-52)65-51/h5,7,11,13,16-17,19-20,22,24,39-41,44-52,55-60H,3-4,6,8-10,12,14-15,18,21,23,25-38H2,1-2H3/b7-5+,13-11+,17-16+,20-19+,24-22+/t39-,40+,41+,44-,45-,46?,47?,48?,49?,50+,51+/m1/s1. The van der Waals surface area contributed by atoms with Crippen LogP contribution in [-0.2, 0) is 38.0 Å². The van der Waals surface area contributed by atoms with Crippen LogP contribution in [0, 0.1) is 0 Å². The maximum atomic E-state index is 13.0. The number of aliphatic hydroxyl groups is 7. The average molecular weight is 939 g/mol. The number of esters is 2. The molecule has 0 saturated carbocycles. The summed E-state index contributed by atoms with van der Waals surface area (Å²) in [5.41, 5.74) is 0. The van der Waals surface area contributed by atoms with Crippen LogP contribution >= 0.6 is 0 Å². The van der Waals surface area contributed by atoms with E-state index in [2.05, 4.69) is 74.6 Å². The molecule has 2 rings (SSSR count). The van der Waals surface area contributed by atoms with E-state index in [1.165, 1.54) is 44.9 Å². The van der Waals surface area contributed by atoms with Crippen molar-refractivity contribution in [1.29, 1.82) is 0 Å². The Balaban J connectivity index is 1.83. The second kappa shape index (κ2) is 38.1. The molecular formula is C51H86O15.